The molecule has 19 heavy (non-hydrogen) atoms. The van der Waals surface area contributed by atoms with Gasteiger partial charge in [-0.2, -0.15) is 0 Å². The Kier molecular flexibility index (Phi) is 2.13. The number of benzene rings is 2. The van der Waals surface area contributed by atoms with E-state index in [0.717, 1.165) is 28.5 Å². The molecule has 1 saturated carbocycles. The third-order valence-electron chi connectivity index (χ3n) is 4.28. The van der Waals surface area contributed by atoms with Crippen LogP contribution in [0.25, 0.3) is 10.8 Å². The van der Waals surface area contributed by atoms with Crippen molar-refractivity contribution in [2.75, 3.05) is 0 Å². The van der Waals surface area contributed by atoms with Gasteiger partial charge in [-0.15, -0.1) is 0 Å². The minimum atomic E-state index is -0.0403. The van der Waals surface area contributed by atoms with Gasteiger partial charge in [0.05, 0.1) is 0 Å². The molecule has 0 bridgehead atoms. The number of aromatic hydroxyl groups is 1. The van der Waals surface area contributed by atoms with Crippen LogP contribution in [0.4, 0.5) is 0 Å². The maximum Gasteiger partial charge on any atom is 0.136 e. The van der Waals surface area contributed by atoms with Gasteiger partial charge < -0.3 is 9.84 Å². The molecule has 0 radical (unpaired) electrons. The van der Waals surface area contributed by atoms with Crippen molar-refractivity contribution in [2.45, 2.75) is 31.3 Å². The first kappa shape index (κ1) is 10.9. The van der Waals surface area contributed by atoms with Crippen molar-refractivity contribution in [3.05, 3.63) is 35.9 Å². The molecule has 2 aliphatic rings. The number of hydrogen-bond acceptors (Lipinski definition) is 3. The van der Waals surface area contributed by atoms with Crippen molar-refractivity contribution in [3.63, 3.8) is 0 Å². The van der Waals surface area contributed by atoms with E-state index >= 15 is 0 Å². The first-order valence-electron chi connectivity index (χ1n) is 6.67. The summed E-state index contributed by atoms with van der Waals surface area (Å²) in [5, 5.41) is 11.9. The van der Waals surface area contributed by atoms with Crippen LogP contribution in [-0.4, -0.2) is 17.0 Å². The first-order chi connectivity index (χ1) is 9.24. The molecule has 0 aromatic heterocycles. The van der Waals surface area contributed by atoms with E-state index in [-0.39, 0.29) is 17.8 Å². The van der Waals surface area contributed by atoms with Crippen LogP contribution >= 0.6 is 0 Å². The Labute approximate surface area is 110 Å². The minimum Gasteiger partial charge on any atom is -0.507 e. The van der Waals surface area contributed by atoms with Crippen LogP contribution in [0.5, 0.6) is 11.5 Å². The predicted molar refractivity (Wildman–Crippen MR) is 71.6 cm³/mol. The predicted octanol–water partition coefficient (Wildman–Crippen LogP) is 3.14. The molecule has 1 N–H and O–H groups in total. The van der Waals surface area contributed by atoms with E-state index in [4.69, 9.17) is 4.74 Å². The molecule has 96 valence electrons. The number of phenolic OH excluding ortho intramolecular Hbond substituents is 1. The summed E-state index contributed by atoms with van der Waals surface area (Å²) in [5.41, 5.74) is 1.06. The van der Waals surface area contributed by atoms with Crippen LogP contribution in [0.15, 0.2) is 30.3 Å². The third-order valence-corrected chi connectivity index (χ3v) is 4.28. The fourth-order valence-corrected chi connectivity index (χ4v) is 3.36. The van der Waals surface area contributed by atoms with Gasteiger partial charge in [-0.05, 0) is 12.5 Å². The summed E-state index contributed by atoms with van der Waals surface area (Å²) < 4.78 is 6.02. The molecule has 0 spiro atoms. The molecule has 2 aromatic carbocycles. The highest BCUT2D eigenvalue weighted by atomic mass is 16.5. The zero-order valence-electron chi connectivity index (χ0n) is 10.4. The second kappa shape index (κ2) is 3.73. The van der Waals surface area contributed by atoms with E-state index in [1.807, 2.05) is 30.3 Å². The Morgan fingerprint density at radius 1 is 1.21 bits per heavy atom. The number of fused-ring (bicyclic) bond motifs is 5. The largest absolute Gasteiger partial charge is 0.507 e. The second-order valence-electron chi connectivity index (χ2n) is 5.40. The smallest absolute Gasteiger partial charge is 0.136 e. The fraction of sp³-hybridized carbons (Fsp3) is 0.312. The lowest BCUT2D eigenvalue weighted by atomic mass is 9.82. The minimum absolute atomic E-state index is 0.0403. The molecule has 1 aliphatic heterocycles. The molecule has 0 saturated heterocycles. The zero-order chi connectivity index (χ0) is 13.0. The van der Waals surface area contributed by atoms with Crippen LogP contribution in [0.3, 0.4) is 0 Å². The average molecular weight is 254 g/mol. The number of carbonyl (C=O) groups is 1. The molecule has 2 atom stereocenters. The summed E-state index contributed by atoms with van der Waals surface area (Å²) in [5.74, 6) is 1.69. The van der Waals surface area contributed by atoms with Gasteiger partial charge in [0, 0.05) is 35.1 Å². The van der Waals surface area contributed by atoms with Gasteiger partial charge in [0.15, 0.2) is 0 Å². The van der Waals surface area contributed by atoms with Gasteiger partial charge >= 0.3 is 0 Å². The van der Waals surface area contributed by atoms with E-state index in [9.17, 15) is 9.90 Å². The van der Waals surface area contributed by atoms with Gasteiger partial charge in [0.25, 0.3) is 0 Å². The van der Waals surface area contributed by atoms with Crippen LogP contribution < -0.4 is 4.74 Å². The molecule has 1 fully saturated rings. The van der Waals surface area contributed by atoms with Gasteiger partial charge in [-0.25, -0.2) is 0 Å². The Morgan fingerprint density at radius 2 is 2.00 bits per heavy atom. The molecule has 0 unspecified atom stereocenters. The lowest BCUT2D eigenvalue weighted by Gasteiger charge is -2.22. The second-order valence-corrected chi connectivity index (χ2v) is 5.40. The van der Waals surface area contributed by atoms with E-state index in [2.05, 4.69) is 0 Å². The highest BCUT2D eigenvalue weighted by Gasteiger charge is 2.40. The van der Waals surface area contributed by atoms with E-state index in [1.165, 1.54) is 0 Å². The Bertz CT molecular complexity index is 690. The average Bonchev–Trinajstić information content (AvgIpc) is 2.77. The molecule has 0 amide bonds. The number of phenols is 1. The topological polar surface area (TPSA) is 46.5 Å². The normalized spacial score (nSPS) is 24.9. The van der Waals surface area contributed by atoms with Gasteiger partial charge in [0.2, 0.25) is 0 Å². The summed E-state index contributed by atoms with van der Waals surface area (Å²) in [7, 11) is 0. The van der Waals surface area contributed by atoms with E-state index in [1.54, 1.807) is 0 Å². The molecular formula is C16H14O3. The molecule has 3 nitrogen and oxygen atoms in total. The molecule has 3 heteroatoms. The van der Waals surface area contributed by atoms with Crippen molar-refractivity contribution in [1.82, 2.24) is 0 Å². The Morgan fingerprint density at radius 3 is 2.84 bits per heavy atom. The monoisotopic (exact) mass is 254 g/mol. The molecule has 1 aliphatic carbocycles. The van der Waals surface area contributed by atoms with Crippen LogP contribution in [-0.2, 0) is 4.79 Å². The number of rotatable bonds is 0. The van der Waals surface area contributed by atoms with Crippen LogP contribution in [0.1, 0.15) is 30.7 Å². The van der Waals surface area contributed by atoms with Crippen LogP contribution in [0.2, 0.25) is 0 Å². The van der Waals surface area contributed by atoms with Crippen LogP contribution in [0, 0.1) is 0 Å². The van der Waals surface area contributed by atoms with Gasteiger partial charge in [-0.3, -0.25) is 4.79 Å². The van der Waals surface area contributed by atoms with Crippen molar-refractivity contribution >= 4 is 16.6 Å². The summed E-state index contributed by atoms with van der Waals surface area (Å²) in [6.45, 7) is 0. The number of ether oxygens (including phenoxy) is 1. The zero-order valence-corrected chi connectivity index (χ0v) is 10.4. The van der Waals surface area contributed by atoms with Crippen molar-refractivity contribution in [2.24, 2.45) is 0 Å². The third kappa shape index (κ3) is 1.47. The molecule has 1 heterocycles. The summed E-state index contributed by atoms with van der Waals surface area (Å²) in [6.07, 6.45) is 1.90. The Balaban J connectivity index is 1.93. The standard InChI is InChI=1S/C16H14O3/c17-9-5-6-11-13-8-14(18)10-3-1-2-4-12(10)16(13)19-15(11)7-9/h1-4,8,11,15,18H,5-7H2/t11-,15+/m0/s1. The molecule has 2 aromatic rings. The lowest BCUT2D eigenvalue weighted by Crippen LogP contribution is -2.27. The molecular weight excluding hydrogens is 240 g/mol. The summed E-state index contributed by atoms with van der Waals surface area (Å²) in [4.78, 5) is 11.6. The van der Waals surface area contributed by atoms with Crippen molar-refractivity contribution in [1.29, 1.82) is 0 Å². The summed E-state index contributed by atoms with van der Waals surface area (Å²) >= 11 is 0. The number of carbonyl (C=O) groups excluding carboxylic acids is 1. The summed E-state index contributed by atoms with van der Waals surface area (Å²) in [6, 6.07) is 9.52. The fourth-order valence-electron chi connectivity index (χ4n) is 3.36. The van der Waals surface area contributed by atoms with E-state index in [0.29, 0.717) is 18.6 Å². The maximum atomic E-state index is 11.6. The van der Waals surface area contributed by atoms with Gasteiger partial charge in [-0.1, -0.05) is 24.3 Å². The molecule has 4 rings (SSSR count). The van der Waals surface area contributed by atoms with Gasteiger partial charge in [0.1, 0.15) is 23.4 Å². The Hall–Kier alpha value is -2.03. The number of ketones is 1. The highest BCUT2D eigenvalue weighted by Crippen LogP contribution is 2.49. The van der Waals surface area contributed by atoms with E-state index < -0.39 is 0 Å². The highest BCUT2D eigenvalue weighted by molar-refractivity contribution is 5.95. The number of hydrogen-bond donors (Lipinski definition) is 1. The maximum absolute atomic E-state index is 11.6. The lowest BCUT2D eigenvalue weighted by molar-refractivity contribution is -0.122. The SMILES string of the molecule is O=C1CC[C@H]2c3cc(O)c4ccccc4c3O[C@@H]2C1. The quantitative estimate of drug-likeness (QED) is 0.785. The van der Waals surface area contributed by atoms with Crippen molar-refractivity contribution in [3.8, 4) is 11.5 Å². The first-order valence-corrected chi connectivity index (χ1v) is 6.67. The van der Waals surface area contributed by atoms with Crippen molar-refractivity contribution < 1.29 is 14.6 Å². The number of Topliss-reactive ketones (excluding diaryl/α,β-unsaturated/α-hetero) is 1.